The minimum absolute atomic E-state index is 0.0147. The first-order valence-electron chi connectivity index (χ1n) is 11.2. The molecule has 6 nitrogen and oxygen atoms in total. The molecule has 166 valence electrons. The van der Waals surface area contributed by atoms with Crippen LogP contribution in [0.5, 0.6) is 5.75 Å². The van der Waals surface area contributed by atoms with E-state index in [1.54, 1.807) is 5.51 Å². The smallest absolute Gasteiger partial charge is 0.273 e. The second-order valence-corrected chi connectivity index (χ2v) is 9.67. The molecular weight excluding hydrogens is 410 g/mol. The zero-order chi connectivity index (χ0) is 21.8. The molecule has 0 unspecified atom stereocenters. The SMILES string of the molecule is CC(C)C(=O)N1CCC([C@@H]2CN(C(=O)c3cscn3)C[C@H]2COc2ccccc2)CC1. The van der Waals surface area contributed by atoms with E-state index in [0.717, 1.165) is 38.2 Å². The van der Waals surface area contributed by atoms with Crippen LogP contribution in [0.2, 0.25) is 0 Å². The van der Waals surface area contributed by atoms with Crippen LogP contribution in [0.3, 0.4) is 0 Å². The van der Waals surface area contributed by atoms with Gasteiger partial charge in [-0.2, -0.15) is 0 Å². The number of carbonyl (C=O) groups is 2. The molecule has 2 aliphatic heterocycles. The van der Waals surface area contributed by atoms with Crippen LogP contribution in [0.1, 0.15) is 37.2 Å². The number of rotatable bonds is 6. The van der Waals surface area contributed by atoms with Crippen molar-refractivity contribution < 1.29 is 14.3 Å². The zero-order valence-corrected chi connectivity index (χ0v) is 19.1. The predicted octanol–water partition coefficient (Wildman–Crippen LogP) is 3.80. The largest absolute Gasteiger partial charge is 0.493 e. The first-order chi connectivity index (χ1) is 15.0. The fourth-order valence-corrected chi connectivity index (χ4v) is 5.41. The standard InChI is InChI=1S/C24H31N3O3S/c1-17(2)23(28)26-10-8-18(9-11-26)21-13-27(24(29)22-15-31-16-25-22)12-19(21)14-30-20-6-4-3-5-7-20/h3-7,15-19,21H,8-14H2,1-2H3/t19-,21-/m0/s1. The highest BCUT2D eigenvalue weighted by atomic mass is 32.1. The Labute approximate surface area is 188 Å². The summed E-state index contributed by atoms with van der Waals surface area (Å²) in [5.41, 5.74) is 2.24. The fourth-order valence-electron chi connectivity index (χ4n) is 4.89. The fraction of sp³-hybridized carbons (Fsp3) is 0.542. The minimum Gasteiger partial charge on any atom is -0.493 e. The molecule has 0 spiro atoms. The predicted molar refractivity (Wildman–Crippen MR) is 121 cm³/mol. The molecule has 7 heteroatoms. The molecule has 0 bridgehead atoms. The lowest BCUT2D eigenvalue weighted by Gasteiger charge is -2.37. The number of para-hydroxylation sites is 1. The Hall–Kier alpha value is -2.41. The van der Waals surface area contributed by atoms with Crippen molar-refractivity contribution in [1.29, 1.82) is 0 Å². The summed E-state index contributed by atoms with van der Waals surface area (Å²) in [6.45, 7) is 7.57. The summed E-state index contributed by atoms with van der Waals surface area (Å²) in [6.07, 6.45) is 1.98. The van der Waals surface area contributed by atoms with Gasteiger partial charge < -0.3 is 14.5 Å². The first kappa shape index (κ1) is 21.8. The van der Waals surface area contributed by atoms with Gasteiger partial charge in [0.05, 0.1) is 12.1 Å². The van der Waals surface area contributed by atoms with Gasteiger partial charge in [-0.3, -0.25) is 9.59 Å². The molecule has 3 heterocycles. The van der Waals surface area contributed by atoms with Crippen LogP contribution in [-0.2, 0) is 4.79 Å². The van der Waals surface area contributed by atoms with E-state index in [2.05, 4.69) is 4.98 Å². The van der Waals surface area contributed by atoms with E-state index >= 15 is 0 Å². The van der Waals surface area contributed by atoms with Crippen molar-refractivity contribution in [1.82, 2.24) is 14.8 Å². The van der Waals surface area contributed by atoms with Gasteiger partial charge in [0.1, 0.15) is 11.4 Å². The van der Waals surface area contributed by atoms with E-state index in [1.807, 2.05) is 59.4 Å². The van der Waals surface area contributed by atoms with Crippen LogP contribution < -0.4 is 4.74 Å². The van der Waals surface area contributed by atoms with Crippen molar-refractivity contribution in [3.8, 4) is 5.75 Å². The maximum absolute atomic E-state index is 12.9. The Morgan fingerprint density at radius 1 is 1.13 bits per heavy atom. The summed E-state index contributed by atoms with van der Waals surface area (Å²) in [6, 6.07) is 9.87. The quantitative estimate of drug-likeness (QED) is 0.684. The van der Waals surface area contributed by atoms with Gasteiger partial charge >= 0.3 is 0 Å². The number of hydrogen-bond acceptors (Lipinski definition) is 5. The van der Waals surface area contributed by atoms with Crippen molar-refractivity contribution in [2.75, 3.05) is 32.8 Å². The number of ether oxygens (including phenoxy) is 1. The van der Waals surface area contributed by atoms with E-state index in [0.29, 0.717) is 30.7 Å². The summed E-state index contributed by atoms with van der Waals surface area (Å²) < 4.78 is 6.10. The third-order valence-electron chi connectivity index (χ3n) is 6.59. The third kappa shape index (κ3) is 5.09. The summed E-state index contributed by atoms with van der Waals surface area (Å²) in [5.74, 6) is 2.32. The summed E-state index contributed by atoms with van der Waals surface area (Å²) in [4.78, 5) is 33.5. The molecule has 1 aromatic heterocycles. The lowest BCUT2D eigenvalue weighted by molar-refractivity contribution is -0.136. The molecule has 2 atom stereocenters. The number of likely N-dealkylation sites (tertiary alicyclic amines) is 2. The van der Waals surface area contributed by atoms with Gasteiger partial charge in [0.25, 0.3) is 5.91 Å². The van der Waals surface area contributed by atoms with Gasteiger partial charge in [-0.1, -0.05) is 32.0 Å². The van der Waals surface area contributed by atoms with Gasteiger partial charge in [0.2, 0.25) is 5.91 Å². The lowest BCUT2D eigenvalue weighted by Crippen LogP contribution is -2.43. The van der Waals surface area contributed by atoms with Crippen LogP contribution in [0.4, 0.5) is 0 Å². The van der Waals surface area contributed by atoms with Crippen LogP contribution in [0.25, 0.3) is 0 Å². The Kier molecular flexibility index (Phi) is 6.90. The van der Waals surface area contributed by atoms with Crippen molar-refractivity contribution in [3.05, 3.63) is 46.9 Å². The van der Waals surface area contributed by atoms with Crippen LogP contribution in [0, 0.1) is 23.7 Å². The molecule has 2 amide bonds. The molecule has 2 fully saturated rings. The Balaban J connectivity index is 1.43. The van der Waals surface area contributed by atoms with Gasteiger partial charge in [-0.05, 0) is 36.8 Å². The van der Waals surface area contributed by atoms with Crippen molar-refractivity contribution >= 4 is 23.2 Å². The Morgan fingerprint density at radius 2 is 1.87 bits per heavy atom. The van der Waals surface area contributed by atoms with Crippen LogP contribution in [-0.4, -0.2) is 59.4 Å². The topological polar surface area (TPSA) is 62.7 Å². The molecule has 1 aromatic carbocycles. The Morgan fingerprint density at radius 3 is 2.52 bits per heavy atom. The number of benzene rings is 1. The summed E-state index contributed by atoms with van der Waals surface area (Å²) >= 11 is 1.45. The molecule has 2 aromatic rings. The number of carbonyl (C=O) groups excluding carboxylic acids is 2. The van der Waals surface area contributed by atoms with Gasteiger partial charge in [0.15, 0.2) is 0 Å². The van der Waals surface area contributed by atoms with Crippen molar-refractivity contribution in [2.24, 2.45) is 23.7 Å². The third-order valence-corrected chi connectivity index (χ3v) is 7.17. The summed E-state index contributed by atoms with van der Waals surface area (Å²) in [5, 5.41) is 1.82. The van der Waals surface area contributed by atoms with E-state index in [4.69, 9.17) is 4.74 Å². The lowest BCUT2D eigenvalue weighted by atomic mass is 9.78. The highest BCUT2D eigenvalue weighted by Crippen LogP contribution is 2.37. The molecule has 2 saturated heterocycles. The van der Waals surface area contributed by atoms with Gasteiger partial charge in [-0.15, -0.1) is 11.3 Å². The second kappa shape index (κ2) is 9.81. The maximum atomic E-state index is 12.9. The molecule has 0 radical (unpaired) electrons. The maximum Gasteiger partial charge on any atom is 0.273 e. The van der Waals surface area contributed by atoms with E-state index in [1.165, 1.54) is 11.3 Å². The van der Waals surface area contributed by atoms with Crippen LogP contribution in [0.15, 0.2) is 41.2 Å². The molecule has 31 heavy (non-hydrogen) atoms. The normalized spacial score (nSPS) is 22.2. The second-order valence-electron chi connectivity index (χ2n) is 8.95. The number of hydrogen-bond donors (Lipinski definition) is 0. The molecular formula is C24H31N3O3S. The molecule has 0 saturated carbocycles. The first-order valence-corrected chi connectivity index (χ1v) is 12.1. The van der Waals surface area contributed by atoms with Gasteiger partial charge in [0, 0.05) is 43.4 Å². The number of nitrogens with zero attached hydrogens (tertiary/aromatic N) is 3. The number of amides is 2. The van der Waals surface area contributed by atoms with Crippen molar-refractivity contribution in [2.45, 2.75) is 26.7 Å². The van der Waals surface area contributed by atoms with E-state index in [-0.39, 0.29) is 23.7 Å². The number of thiazole rings is 1. The highest BCUT2D eigenvalue weighted by Gasteiger charge is 2.42. The number of piperidine rings is 1. The monoisotopic (exact) mass is 441 g/mol. The van der Waals surface area contributed by atoms with Crippen molar-refractivity contribution in [3.63, 3.8) is 0 Å². The average molecular weight is 442 g/mol. The molecule has 0 N–H and O–H groups in total. The van der Waals surface area contributed by atoms with E-state index in [9.17, 15) is 9.59 Å². The zero-order valence-electron chi connectivity index (χ0n) is 18.3. The Bertz CT molecular complexity index is 863. The average Bonchev–Trinajstić information content (AvgIpc) is 3.48. The number of aromatic nitrogens is 1. The molecule has 0 aliphatic carbocycles. The van der Waals surface area contributed by atoms with Gasteiger partial charge in [-0.25, -0.2) is 4.98 Å². The molecule has 2 aliphatic rings. The molecule has 4 rings (SSSR count). The highest BCUT2D eigenvalue weighted by molar-refractivity contribution is 7.07. The summed E-state index contributed by atoms with van der Waals surface area (Å²) in [7, 11) is 0. The van der Waals surface area contributed by atoms with Crippen LogP contribution >= 0.6 is 11.3 Å². The van der Waals surface area contributed by atoms with E-state index < -0.39 is 0 Å². The minimum atomic E-state index is 0.0147.